The summed E-state index contributed by atoms with van der Waals surface area (Å²) >= 11 is 0. The van der Waals surface area contributed by atoms with Crippen LogP contribution in [0.3, 0.4) is 0 Å². The van der Waals surface area contributed by atoms with Crippen molar-refractivity contribution in [2.45, 2.75) is 25.4 Å². The number of allylic oxidation sites excluding steroid dienone is 1. The third-order valence-corrected chi connectivity index (χ3v) is 2.69. The van der Waals surface area contributed by atoms with Gasteiger partial charge in [-0.15, -0.1) is 0 Å². The molecule has 0 spiro atoms. The second kappa shape index (κ2) is 5.19. The Morgan fingerprint density at radius 2 is 2.06 bits per heavy atom. The molecule has 1 unspecified atom stereocenters. The first kappa shape index (κ1) is 11.2. The van der Waals surface area contributed by atoms with Crippen molar-refractivity contribution in [3.63, 3.8) is 0 Å². The van der Waals surface area contributed by atoms with Gasteiger partial charge in [-0.3, -0.25) is 0 Å². The predicted molar refractivity (Wildman–Crippen MR) is 63.7 cm³/mol. The molecule has 84 valence electrons. The average Bonchev–Trinajstić information content (AvgIpc) is 2.31. The third-order valence-electron chi connectivity index (χ3n) is 2.69. The van der Waals surface area contributed by atoms with Crippen LogP contribution in [-0.2, 0) is 0 Å². The highest BCUT2D eigenvalue weighted by molar-refractivity contribution is 6.59. The molecular weight excluding hydrogens is 203 g/mol. The van der Waals surface area contributed by atoms with Gasteiger partial charge in [-0.05, 0) is 31.4 Å². The van der Waals surface area contributed by atoms with Crippen molar-refractivity contribution in [1.29, 1.82) is 0 Å². The summed E-state index contributed by atoms with van der Waals surface area (Å²) in [5.41, 5.74) is 0.418. The molecule has 0 heterocycles. The molecule has 0 bridgehead atoms. The third kappa shape index (κ3) is 2.65. The van der Waals surface area contributed by atoms with Gasteiger partial charge in [0.05, 0.1) is 0 Å². The first-order valence-electron chi connectivity index (χ1n) is 5.56. The Bertz CT molecular complexity index is 376. The van der Waals surface area contributed by atoms with E-state index in [4.69, 9.17) is 4.74 Å². The van der Waals surface area contributed by atoms with Gasteiger partial charge in [0.15, 0.2) is 0 Å². The number of para-hydroxylation sites is 1. The molecule has 1 aliphatic carbocycles. The van der Waals surface area contributed by atoms with Crippen molar-refractivity contribution < 1.29 is 14.8 Å². The lowest BCUT2D eigenvalue weighted by atomic mass is 9.79. The van der Waals surface area contributed by atoms with Crippen LogP contribution in [0.25, 0.3) is 0 Å². The molecule has 1 aromatic carbocycles. The summed E-state index contributed by atoms with van der Waals surface area (Å²) in [5, 5.41) is 18.4. The van der Waals surface area contributed by atoms with Crippen molar-refractivity contribution in [2.24, 2.45) is 0 Å². The molecule has 4 heteroatoms. The molecule has 0 saturated heterocycles. The average molecular weight is 218 g/mol. The highest BCUT2D eigenvalue weighted by Gasteiger charge is 2.18. The zero-order valence-corrected chi connectivity index (χ0v) is 9.04. The van der Waals surface area contributed by atoms with E-state index in [9.17, 15) is 10.0 Å². The van der Waals surface area contributed by atoms with E-state index < -0.39 is 7.12 Å². The second-order valence-electron chi connectivity index (χ2n) is 3.93. The molecule has 0 radical (unpaired) electrons. The lowest BCUT2D eigenvalue weighted by Gasteiger charge is -2.20. The quantitative estimate of drug-likeness (QED) is 0.584. The Morgan fingerprint density at radius 1 is 1.25 bits per heavy atom. The Morgan fingerprint density at radius 3 is 2.75 bits per heavy atom. The highest BCUT2D eigenvalue weighted by atomic mass is 16.5. The van der Waals surface area contributed by atoms with Gasteiger partial charge >= 0.3 is 7.12 Å². The standard InChI is InChI=1S/C12H15BO3/c14-13(15)11-8-4-5-9-12(11)16-10-6-2-1-3-7-10/h2,4-6,8-10,14-15H,1,3,7H2. The van der Waals surface area contributed by atoms with Gasteiger partial charge < -0.3 is 14.8 Å². The van der Waals surface area contributed by atoms with Crippen LogP contribution in [-0.4, -0.2) is 23.3 Å². The van der Waals surface area contributed by atoms with Crippen LogP contribution in [0.4, 0.5) is 0 Å². The monoisotopic (exact) mass is 218 g/mol. The molecule has 0 saturated carbocycles. The van der Waals surface area contributed by atoms with Gasteiger partial charge in [0, 0.05) is 5.46 Å². The van der Waals surface area contributed by atoms with Gasteiger partial charge in [0.1, 0.15) is 11.9 Å². The Hall–Kier alpha value is -1.26. The number of benzene rings is 1. The fourth-order valence-corrected chi connectivity index (χ4v) is 1.84. The fourth-order valence-electron chi connectivity index (χ4n) is 1.84. The SMILES string of the molecule is OB(O)c1ccccc1OC1C=CCCC1. The van der Waals surface area contributed by atoms with E-state index in [1.807, 2.05) is 12.1 Å². The van der Waals surface area contributed by atoms with Gasteiger partial charge in [-0.2, -0.15) is 0 Å². The van der Waals surface area contributed by atoms with E-state index >= 15 is 0 Å². The minimum Gasteiger partial charge on any atom is -0.487 e. The summed E-state index contributed by atoms with van der Waals surface area (Å²) < 4.78 is 5.74. The topological polar surface area (TPSA) is 49.7 Å². The summed E-state index contributed by atoms with van der Waals surface area (Å²) in [6.07, 6.45) is 7.38. The van der Waals surface area contributed by atoms with Crippen LogP contribution in [0.1, 0.15) is 19.3 Å². The van der Waals surface area contributed by atoms with Crippen LogP contribution >= 0.6 is 0 Å². The van der Waals surface area contributed by atoms with E-state index in [0.29, 0.717) is 11.2 Å². The maximum atomic E-state index is 9.19. The second-order valence-corrected chi connectivity index (χ2v) is 3.93. The maximum absolute atomic E-state index is 9.19. The van der Waals surface area contributed by atoms with Crippen LogP contribution in [0.15, 0.2) is 36.4 Å². The number of ether oxygens (including phenoxy) is 1. The molecule has 3 nitrogen and oxygen atoms in total. The van der Waals surface area contributed by atoms with Gasteiger partial charge in [-0.1, -0.05) is 24.3 Å². The number of hydrogen-bond donors (Lipinski definition) is 2. The van der Waals surface area contributed by atoms with Crippen molar-refractivity contribution in [3.05, 3.63) is 36.4 Å². The number of hydrogen-bond acceptors (Lipinski definition) is 3. The predicted octanol–water partition coefficient (Wildman–Crippen LogP) is 0.854. The summed E-state index contributed by atoms with van der Waals surface area (Å²) in [5.74, 6) is 0.550. The highest BCUT2D eigenvalue weighted by Crippen LogP contribution is 2.17. The first-order valence-corrected chi connectivity index (χ1v) is 5.56. The van der Waals surface area contributed by atoms with E-state index in [1.54, 1.807) is 18.2 Å². The number of rotatable bonds is 3. The lowest BCUT2D eigenvalue weighted by molar-refractivity contribution is 0.231. The van der Waals surface area contributed by atoms with Crippen molar-refractivity contribution in [1.82, 2.24) is 0 Å². The fraction of sp³-hybridized carbons (Fsp3) is 0.333. The summed E-state index contributed by atoms with van der Waals surface area (Å²) in [6, 6.07) is 7.01. The molecule has 0 aromatic heterocycles. The minimum absolute atomic E-state index is 0.0497. The summed E-state index contributed by atoms with van der Waals surface area (Å²) in [7, 11) is -1.48. The largest absolute Gasteiger partial charge is 0.492 e. The zero-order chi connectivity index (χ0) is 11.4. The van der Waals surface area contributed by atoms with Crippen LogP contribution in [0, 0.1) is 0 Å². The van der Waals surface area contributed by atoms with E-state index in [-0.39, 0.29) is 6.10 Å². The van der Waals surface area contributed by atoms with Crippen LogP contribution in [0.2, 0.25) is 0 Å². The zero-order valence-electron chi connectivity index (χ0n) is 9.04. The van der Waals surface area contributed by atoms with Crippen LogP contribution in [0.5, 0.6) is 5.75 Å². The van der Waals surface area contributed by atoms with Crippen molar-refractivity contribution >= 4 is 12.6 Å². The molecule has 1 aromatic rings. The van der Waals surface area contributed by atoms with Gasteiger partial charge in [0.2, 0.25) is 0 Å². The summed E-state index contributed by atoms with van der Waals surface area (Å²) in [4.78, 5) is 0. The summed E-state index contributed by atoms with van der Waals surface area (Å²) in [6.45, 7) is 0. The molecule has 1 aliphatic rings. The van der Waals surface area contributed by atoms with Crippen molar-refractivity contribution in [2.75, 3.05) is 0 Å². The smallest absolute Gasteiger partial charge is 0.487 e. The van der Waals surface area contributed by atoms with E-state index in [1.165, 1.54) is 0 Å². The Labute approximate surface area is 95.5 Å². The molecule has 1 atom stereocenters. The molecule has 16 heavy (non-hydrogen) atoms. The molecule has 0 amide bonds. The molecular formula is C12H15BO3. The normalized spacial score (nSPS) is 19.5. The maximum Gasteiger partial charge on any atom is 0.492 e. The Kier molecular flexibility index (Phi) is 3.64. The molecule has 2 N–H and O–H groups in total. The van der Waals surface area contributed by atoms with Gasteiger partial charge in [0.25, 0.3) is 0 Å². The molecule has 0 fully saturated rings. The molecule has 0 aliphatic heterocycles. The van der Waals surface area contributed by atoms with Crippen LogP contribution < -0.4 is 10.2 Å². The lowest BCUT2D eigenvalue weighted by Crippen LogP contribution is -2.32. The minimum atomic E-state index is -1.48. The first-order chi connectivity index (χ1) is 7.77. The Balaban J connectivity index is 2.13. The van der Waals surface area contributed by atoms with Crippen molar-refractivity contribution in [3.8, 4) is 5.75 Å². The van der Waals surface area contributed by atoms with E-state index in [2.05, 4.69) is 6.08 Å². The van der Waals surface area contributed by atoms with E-state index in [0.717, 1.165) is 19.3 Å². The molecule has 2 rings (SSSR count). The van der Waals surface area contributed by atoms with Gasteiger partial charge in [-0.25, -0.2) is 0 Å².